The average molecular weight is 253 g/mol. The molecule has 1 aromatic rings. The maximum atomic E-state index is 11.8. The van der Waals surface area contributed by atoms with Gasteiger partial charge in [0.05, 0.1) is 12.8 Å². The molecule has 5 nitrogen and oxygen atoms in total. The summed E-state index contributed by atoms with van der Waals surface area (Å²) < 4.78 is 5.34. The van der Waals surface area contributed by atoms with Crippen LogP contribution in [-0.2, 0) is 11.3 Å². The summed E-state index contributed by atoms with van der Waals surface area (Å²) in [6, 6.07) is 3.85. The molecule has 0 bridgehead atoms. The minimum atomic E-state index is 0.0509. The molecule has 0 saturated heterocycles. The number of carbonyl (C=O) groups is 1. The van der Waals surface area contributed by atoms with Gasteiger partial charge in [0.2, 0.25) is 5.91 Å². The Morgan fingerprint density at radius 1 is 1.50 bits per heavy atom. The number of nitrogens with zero attached hydrogens (tertiary/aromatic N) is 2. The van der Waals surface area contributed by atoms with E-state index in [9.17, 15) is 4.79 Å². The van der Waals surface area contributed by atoms with E-state index in [1.54, 1.807) is 25.3 Å². The van der Waals surface area contributed by atoms with Crippen LogP contribution in [0.2, 0.25) is 0 Å². The number of nitrogens with two attached hydrogens (primary N) is 1. The molecular formula is C13H23N3O2. The van der Waals surface area contributed by atoms with Gasteiger partial charge in [0.15, 0.2) is 0 Å². The van der Waals surface area contributed by atoms with Crippen molar-refractivity contribution in [3.05, 3.63) is 24.2 Å². The molecule has 1 atom stereocenters. The molecular weight excluding hydrogens is 230 g/mol. The number of amides is 1. The van der Waals surface area contributed by atoms with Crippen molar-refractivity contribution in [3.8, 4) is 0 Å². The molecule has 0 fully saturated rings. The van der Waals surface area contributed by atoms with Crippen LogP contribution in [-0.4, -0.2) is 48.9 Å². The van der Waals surface area contributed by atoms with Crippen LogP contribution in [0.3, 0.4) is 0 Å². The van der Waals surface area contributed by atoms with Crippen molar-refractivity contribution in [2.24, 2.45) is 5.73 Å². The highest BCUT2D eigenvalue weighted by Crippen LogP contribution is 2.11. The molecule has 0 aliphatic heterocycles. The van der Waals surface area contributed by atoms with Gasteiger partial charge in [-0.25, -0.2) is 0 Å². The Balaban J connectivity index is 2.62. The maximum absolute atomic E-state index is 11.8. The number of hydrogen-bond donors (Lipinski definition) is 1. The van der Waals surface area contributed by atoms with Crippen molar-refractivity contribution in [1.82, 2.24) is 9.80 Å². The van der Waals surface area contributed by atoms with E-state index in [0.29, 0.717) is 19.5 Å². The first-order valence-corrected chi connectivity index (χ1v) is 6.25. The van der Waals surface area contributed by atoms with Crippen LogP contribution < -0.4 is 5.73 Å². The molecule has 5 heteroatoms. The molecule has 0 radical (unpaired) electrons. The molecule has 0 saturated carbocycles. The van der Waals surface area contributed by atoms with Gasteiger partial charge in [0.25, 0.3) is 0 Å². The molecule has 1 amide bonds. The van der Waals surface area contributed by atoms with Gasteiger partial charge in [0, 0.05) is 33.1 Å². The molecule has 1 aromatic heterocycles. The first-order chi connectivity index (χ1) is 8.58. The Hall–Kier alpha value is -1.33. The van der Waals surface area contributed by atoms with Gasteiger partial charge in [-0.1, -0.05) is 6.92 Å². The van der Waals surface area contributed by atoms with Crippen molar-refractivity contribution in [3.63, 3.8) is 0 Å². The number of hydrogen-bond acceptors (Lipinski definition) is 4. The molecule has 18 heavy (non-hydrogen) atoms. The summed E-state index contributed by atoms with van der Waals surface area (Å²) in [6.07, 6.45) is 2.10. The van der Waals surface area contributed by atoms with Crippen LogP contribution in [0.5, 0.6) is 0 Å². The van der Waals surface area contributed by atoms with E-state index in [1.807, 2.05) is 12.1 Å². The zero-order chi connectivity index (χ0) is 13.5. The number of furan rings is 1. The highest BCUT2D eigenvalue weighted by molar-refractivity contribution is 5.76. The summed E-state index contributed by atoms with van der Waals surface area (Å²) in [4.78, 5) is 15.5. The fraction of sp³-hybridized carbons (Fsp3) is 0.615. The fourth-order valence-electron chi connectivity index (χ4n) is 1.85. The summed E-state index contributed by atoms with van der Waals surface area (Å²) in [5.74, 6) is 0.996. The maximum Gasteiger partial charge on any atom is 0.223 e. The standard InChI is InChI=1S/C13H23N3O2/c1-4-16(10-12-6-5-7-18-12)11(9-14)8-13(17)15(2)3/h5-7,11H,4,8-10,14H2,1-3H3. The highest BCUT2D eigenvalue weighted by Gasteiger charge is 2.20. The van der Waals surface area contributed by atoms with E-state index < -0.39 is 0 Å². The number of rotatable bonds is 7. The Bertz CT molecular complexity index is 349. The van der Waals surface area contributed by atoms with Crippen molar-refractivity contribution >= 4 is 5.91 Å². The average Bonchev–Trinajstić information content (AvgIpc) is 2.85. The van der Waals surface area contributed by atoms with Crippen LogP contribution in [0.15, 0.2) is 22.8 Å². The smallest absolute Gasteiger partial charge is 0.223 e. The highest BCUT2D eigenvalue weighted by atomic mass is 16.3. The van der Waals surface area contributed by atoms with Gasteiger partial charge < -0.3 is 15.1 Å². The predicted molar refractivity (Wildman–Crippen MR) is 70.9 cm³/mol. The second kappa shape index (κ2) is 7.18. The summed E-state index contributed by atoms with van der Waals surface area (Å²) in [6.45, 7) is 4.05. The second-order valence-corrected chi connectivity index (χ2v) is 4.52. The lowest BCUT2D eigenvalue weighted by atomic mass is 10.1. The van der Waals surface area contributed by atoms with E-state index in [0.717, 1.165) is 12.3 Å². The van der Waals surface area contributed by atoms with Gasteiger partial charge in [-0.15, -0.1) is 0 Å². The molecule has 0 aliphatic carbocycles. The third-order valence-electron chi connectivity index (χ3n) is 3.04. The largest absolute Gasteiger partial charge is 0.468 e. The van der Waals surface area contributed by atoms with Crippen molar-refractivity contribution in [2.75, 3.05) is 27.2 Å². The summed E-state index contributed by atoms with van der Waals surface area (Å²) in [5, 5.41) is 0. The third kappa shape index (κ3) is 4.16. The molecule has 1 heterocycles. The van der Waals surface area contributed by atoms with E-state index in [4.69, 9.17) is 10.2 Å². The monoisotopic (exact) mass is 253 g/mol. The topological polar surface area (TPSA) is 62.7 Å². The molecule has 0 spiro atoms. The lowest BCUT2D eigenvalue weighted by Crippen LogP contribution is -2.43. The zero-order valence-corrected chi connectivity index (χ0v) is 11.4. The van der Waals surface area contributed by atoms with Crippen LogP contribution >= 0.6 is 0 Å². The summed E-state index contributed by atoms with van der Waals surface area (Å²) in [7, 11) is 3.53. The zero-order valence-electron chi connectivity index (χ0n) is 11.4. The third-order valence-corrected chi connectivity index (χ3v) is 3.04. The quantitative estimate of drug-likeness (QED) is 0.784. The minimum absolute atomic E-state index is 0.0509. The van der Waals surface area contributed by atoms with E-state index in [2.05, 4.69) is 11.8 Å². The first-order valence-electron chi connectivity index (χ1n) is 6.25. The van der Waals surface area contributed by atoms with Crippen LogP contribution in [0.25, 0.3) is 0 Å². The van der Waals surface area contributed by atoms with Crippen molar-refractivity contribution in [2.45, 2.75) is 25.9 Å². The van der Waals surface area contributed by atoms with Crippen LogP contribution in [0.1, 0.15) is 19.1 Å². The van der Waals surface area contributed by atoms with Gasteiger partial charge in [-0.2, -0.15) is 0 Å². The molecule has 0 aliphatic rings. The van der Waals surface area contributed by atoms with Crippen LogP contribution in [0.4, 0.5) is 0 Å². The minimum Gasteiger partial charge on any atom is -0.468 e. The molecule has 1 unspecified atom stereocenters. The van der Waals surface area contributed by atoms with Gasteiger partial charge in [-0.3, -0.25) is 9.69 Å². The lowest BCUT2D eigenvalue weighted by molar-refractivity contribution is -0.130. The predicted octanol–water partition coefficient (Wildman–Crippen LogP) is 0.907. The Morgan fingerprint density at radius 3 is 2.67 bits per heavy atom. The Kier molecular flexibility index (Phi) is 5.88. The van der Waals surface area contributed by atoms with Gasteiger partial charge >= 0.3 is 0 Å². The van der Waals surface area contributed by atoms with Crippen LogP contribution in [0, 0.1) is 0 Å². The number of likely N-dealkylation sites (N-methyl/N-ethyl adjacent to an activating group) is 1. The van der Waals surface area contributed by atoms with E-state index >= 15 is 0 Å². The van der Waals surface area contributed by atoms with Gasteiger partial charge in [-0.05, 0) is 18.7 Å². The fourth-order valence-corrected chi connectivity index (χ4v) is 1.85. The van der Waals surface area contributed by atoms with Gasteiger partial charge in [0.1, 0.15) is 5.76 Å². The van der Waals surface area contributed by atoms with Crippen molar-refractivity contribution < 1.29 is 9.21 Å². The van der Waals surface area contributed by atoms with E-state index in [1.165, 1.54) is 0 Å². The van der Waals surface area contributed by atoms with Crippen molar-refractivity contribution in [1.29, 1.82) is 0 Å². The Morgan fingerprint density at radius 2 is 2.22 bits per heavy atom. The molecule has 1 rings (SSSR count). The van der Waals surface area contributed by atoms with E-state index in [-0.39, 0.29) is 11.9 Å². The first kappa shape index (κ1) is 14.7. The normalized spacial score (nSPS) is 12.7. The molecule has 2 N–H and O–H groups in total. The summed E-state index contributed by atoms with van der Waals surface area (Å²) in [5.41, 5.74) is 5.78. The second-order valence-electron chi connectivity index (χ2n) is 4.52. The summed E-state index contributed by atoms with van der Waals surface area (Å²) >= 11 is 0. The number of carbonyl (C=O) groups excluding carboxylic acids is 1. The molecule has 102 valence electrons. The molecule has 0 aromatic carbocycles. The lowest BCUT2D eigenvalue weighted by Gasteiger charge is -2.29. The Labute approximate surface area is 109 Å². The SMILES string of the molecule is CCN(Cc1ccco1)C(CN)CC(=O)N(C)C.